The zero-order valence-corrected chi connectivity index (χ0v) is 9.18. The van der Waals surface area contributed by atoms with Crippen molar-refractivity contribution in [3.05, 3.63) is 0 Å². The molecule has 0 saturated carbocycles. The van der Waals surface area contributed by atoms with E-state index in [0.29, 0.717) is 6.42 Å². The van der Waals surface area contributed by atoms with Crippen LogP contribution in [0.25, 0.3) is 0 Å². The van der Waals surface area contributed by atoms with Crippen LogP contribution in [0.1, 0.15) is 52.4 Å². The number of carboxylic acids is 1. The molecule has 0 amide bonds. The maximum absolute atomic E-state index is 10.8. The first-order valence-electron chi connectivity index (χ1n) is 5.40. The van der Waals surface area contributed by atoms with E-state index in [0.717, 1.165) is 32.1 Å². The monoisotopic (exact) mass is 196 g/mol. The van der Waals surface area contributed by atoms with Crippen LogP contribution in [0.3, 0.4) is 0 Å². The van der Waals surface area contributed by atoms with Gasteiger partial charge < -0.3 is 5.11 Å². The number of hydrogen-bond donors (Lipinski definition) is 1. The molecule has 1 unspecified atom stereocenters. The van der Waals surface area contributed by atoms with Crippen LogP contribution in [0, 0.1) is 17.8 Å². The SMILES string of the molecule is CCCC#CCC(CCCC)C(=O)O. The Bertz CT molecular complexity index is 210. The third kappa shape index (κ3) is 6.54. The summed E-state index contributed by atoms with van der Waals surface area (Å²) in [6.07, 6.45) is 5.21. The lowest BCUT2D eigenvalue weighted by Crippen LogP contribution is -2.12. The van der Waals surface area contributed by atoms with Crippen LogP contribution in [0.2, 0.25) is 0 Å². The molecule has 0 aromatic heterocycles. The van der Waals surface area contributed by atoms with E-state index >= 15 is 0 Å². The zero-order valence-electron chi connectivity index (χ0n) is 9.18. The Kier molecular flexibility index (Phi) is 8.02. The van der Waals surface area contributed by atoms with Crippen LogP contribution in [0.4, 0.5) is 0 Å². The van der Waals surface area contributed by atoms with E-state index in [-0.39, 0.29) is 5.92 Å². The van der Waals surface area contributed by atoms with Crippen molar-refractivity contribution in [1.29, 1.82) is 0 Å². The molecule has 0 bridgehead atoms. The molecule has 0 heterocycles. The molecule has 1 atom stereocenters. The first-order valence-corrected chi connectivity index (χ1v) is 5.40. The van der Waals surface area contributed by atoms with Gasteiger partial charge in [-0.3, -0.25) is 4.79 Å². The highest BCUT2D eigenvalue weighted by Crippen LogP contribution is 2.12. The molecule has 2 nitrogen and oxygen atoms in total. The Morgan fingerprint density at radius 1 is 1.29 bits per heavy atom. The summed E-state index contributed by atoms with van der Waals surface area (Å²) >= 11 is 0. The summed E-state index contributed by atoms with van der Waals surface area (Å²) < 4.78 is 0. The minimum atomic E-state index is -0.704. The van der Waals surface area contributed by atoms with Gasteiger partial charge in [0.25, 0.3) is 0 Å². The Morgan fingerprint density at radius 3 is 2.50 bits per heavy atom. The first-order chi connectivity index (χ1) is 6.72. The van der Waals surface area contributed by atoms with Gasteiger partial charge in [-0.2, -0.15) is 0 Å². The van der Waals surface area contributed by atoms with Crippen molar-refractivity contribution in [2.45, 2.75) is 52.4 Å². The molecule has 0 rings (SSSR count). The first kappa shape index (κ1) is 13.0. The molecule has 0 aliphatic carbocycles. The van der Waals surface area contributed by atoms with Gasteiger partial charge in [-0.1, -0.05) is 26.7 Å². The van der Waals surface area contributed by atoms with Crippen LogP contribution < -0.4 is 0 Å². The Morgan fingerprint density at radius 2 is 2.00 bits per heavy atom. The summed E-state index contributed by atoms with van der Waals surface area (Å²) in [7, 11) is 0. The van der Waals surface area contributed by atoms with Gasteiger partial charge in [-0.05, 0) is 12.8 Å². The lowest BCUT2D eigenvalue weighted by atomic mass is 9.99. The quantitative estimate of drug-likeness (QED) is 0.663. The normalized spacial score (nSPS) is 11.6. The van der Waals surface area contributed by atoms with Gasteiger partial charge in [0, 0.05) is 12.8 Å². The maximum atomic E-state index is 10.8. The van der Waals surface area contributed by atoms with Crippen molar-refractivity contribution >= 4 is 5.97 Å². The topological polar surface area (TPSA) is 37.3 Å². The van der Waals surface area contributed by atoms with E-state index in [2.05, 4.69) is 25.7 Å². The molecule has 0 spiro atoms. The largest absolute Gasteiger partial charge is 0.481 e. The van der Waals surface area contributed by atoms with Crippen molar-refractivity contribution in [2.24, 2.45) is 5.92 Å². The average molecular weight is 196 g/mol. The fourth-order valence-electron chi connectivity index (χ4n) is 1.17. The maximum Gasteiger partial charge on any atom is 0.307 e. The summed E-state index contributed by atoms with van der Waals surface area (Å²) in [4.78, 5) is 10.8. The van der Waals surface area contributed by atoms with Crippen LogP contribution in [0.5, 0.6) is 0 Å². The lowest BCUT2D eigenvalue weighted by Gasteiger charge is -2.06. The lowest BCUT2D eigenvalue weighted by molar-refractivity contribution is -0.141. The van der Waals surface area contributed by atoms with Crippen LogP contribution in [-0.2, 0) is 4.79 Å². The molecule has 0 radical (unpaired) electrons. The Hall–Kier alpha value is -0.970. The third-order valence-corrected chi connectivity index (χ3v) is 2.10. The van der Waals surface area contributed by atoms with Gasteiger partial charge >= 0.3 is 5.97 Å². The van der Waals surface area contributed by atoms with Gasteiger partial charge in [-0.15, -0.1) is 11.8 Å². The Labute approximate surface area is 86.7 Å². The van der Waals surface area contributed by atoms with E-state index < -0.39 is 5.97 Å². The number of hydrogen-bond acceptors (Lipinski definition) is 1. The standard InChI is InChI=1S/C12H20O2/c1-3-5-7-8-10-11(12(13)14)9-6-4-2/h11H,3-6,9-10H2,1-2H3,(H,13,14). The molecule has 0 aromatic rings. The van der Waals surface area contributed by atoms with Crippen molar-refractivity contribution in [1.82, 2.24) is 0 Å². The van der Waals surface area contributed by atoms with E-state index in [1.54, 1.807) is 0 Å². The van der Waals surface area contributed by atoms with Crippen molar-refractivity contribution < 1.29 is 9.90 Å². The van der Waals surface area contributed by atoms with Gasteiger partial charge in [0.05, 0.1) is 5.92 Å². The van der Waals surface area contributed by atoms with Crippen molar-refractivity contribution in [3.8, 4) is 11.8 Å². The highest BCUT2D eigenvalue weighted by molar-refractivity contribution is 5.70. The summed E-state index contributed by atoms with van der Waals surface area (Å²) in [6, 6.07) is 0. The van der Waals surface area contributed by atoms with Crippen molar-refractivity contribution in [3.63, 3.8) is 0 Å². The highest BCUT2D eigenvalue weighted by Gasteiger charge is 2.14. The highest BCUT2D eigenvalue weighted by atomic mass is 16.4. The van der Waals surface area contributed by atoms with E-state index in [9.17, 15) is 4.79 Å². The molecule has 80 valence electrons. The van der Waals surface area contributed by atoms with E-state index in [4.69, 9.17) is 5.11 Å². The average Bonchev–Trinajstić information content (AvgIpc) is 2.16. The molecule has 1 N–H and O–H groups in total. The molecule has 0 aliphatic heterocycles. The summed E-state index contributed by atoms with van der Waals surface area (Å²) in [6.45, 7) is 4.14. The zero-order chi connectivity index (χ0) is 10.8. The summed E-state index contributed by atoms with van der Waals surface area (Å²) in [5, 5.41) is 8.89. The van der Waals surface area contributed by atoms with Gasteiger partial charge in [0.15, 0.2) is 0 Å². The smallest absolute Gasteiger partial charge is 0.307 e. The second-order valence-electron chi connectivity index (χ2n) is 3.49. The van der Waals surface area contributed by atoms with E-state index in [1.807, 2.05) is 0 Å². The van der Waals surface area contributed by atoms with Crippen LogP contribution >= 0.6 is 0 Å². The summed E-state index contributed by atoms with van der Waals surface area (Å²) in [5.74, 6) is 4.96. The van der Waals surface area contributed by atoms with Crippen molar-refractivity contribution in [2.75, 3.05) is 0 Å². The van der Waals surface area contributed by atoms with Gasteiger partial charge in [0.1, 0.15) is 0 Å². The number of unbranched alkanes of at least 4 members (excludes halogenated alkanes) is 2. The van der Waals surface area contributed by atoms with Gasteiger partial charge in [-0.25, -0.2) is 0 Å². The number of aliphatic carboxylic acids is 1. The molecule has 0 fully saturated rings. The molecule has 0 aromatic carbocycles. The minimum Gasteiger partial charge on any atom is -0.481 e. The molecular weight excluding hydrogens is 176 g/mol. The molecule has 0 saturated heterocycles. The van der Waals surface area contributed by atoms with Crippen LogP contribution in [-0.4, -0.2) is 11.1 Å². The van der Waals surface area contributed by atoms with E-state index in [1.165, 1.54) is 0 Å². The third-order valence-electron chi connectivity index (χ3n) is 2.10. The van der Waals surface area contributed by atoms with Gasteiger partial charge in [0.2, 0.25) is 0 Å². The second-order valence-corrected chi connectivity index (χ2v) is 3.49. The fourth-order valence-corrected chi connectivity index (χ4v) is 1.17. The number of carbonyl (C=O) groups is 1. The number of carboxylic acid groups (broad SMARTS) is 1. The fraction of sp³-hybridized carbons (Fsp3) is 0.750. The van der Waals surface area contributed by atoms with Crippen LogP contribution in [0.15, 0.2) is 0 Å². The molecular formula is C12H20O2. The molecule has 2 heteroatoms. The predicted molar refractivity (Wildman–Crippen MR) is 58.0 cm³/mol. The molecule has 0 aliphatic rings. The minimum absolute atomic E-state index is 0.265. The Balaban J connectivity index is 3.86. The predicted octanol–water partition coefficient (Wildman–Crippen LogP) is 3.07. The molecule has 14 heavy (non-hydrogen) atoms. The summed E-state index contributed by atoms with van der Waals surface area (Å²) in [5.41, 5.74) is 0. The second kappa shape index (κ2) is 8.62. The number of rotatable bonds is 6.